The van der Waals surface area contributed by atoms with Crippen LogP contribution in [0.15, 0.2) is 0 Å². The van der Waals surface area contributed by atoms with Crippen LogP contribution in [0.25, 0.3) is 0 Å². The van der Waals surface area contributed by atoms with E-state index in [4.69, 9.17) is 0 Å². The summed E-state index contributed by atoms with van der Waals surface area (Å²) >= 11 is 0. The average Bonchev–Trinajstić information content (AvgIpc) is 2.07. The van der Waals surface area contributed by atoms with E-state index in [9.17, 15) is 22.8 Å². The SMILES string of the molecule is CC1CN(C(=O)C(F)(F)F)CCC1=O. The fourth-order valence-corrected chi connectivity index (χ4v) is 1.38. The Morgan fingerprint density at radius 2 is 2.07 bits per heavy atom. The van der Waals surface area contributed by atoms with Crippen LogP contribution in [0.5, 0.6) is 0 Å². The summed E-state index contributed by atoms with van der Waals surface area (Å²) in [5.41, 5.74) is 0. The molecule has 0 saturated carbocycles. The Hall–Kier alpha value is -1.07. The lowest BCUT2D eigenvalue weighted by molar-refractivity contribution is -0.187. The maximum Gasteiger partial charge on any atom is 0.471 e. The number of rotatable bonds is 0. The summed E-state index contributed by atoms with van der Waals surface area (Å²) in [7, 11) is 0. The minimum Gasteiger partial charge on any atom is -0.334 e. The van der Waals surface area contributed by atoms with Crippen molar-refractivity contribution in [3.05, 3.63) is 0 Å². The summed E-state index contributed by atoms with van der Waals surface area (Å²) in [4.78, 5) is 22.4. The van der Waals surface area contributed by atoms with E-state index in [1.54, 1.807) is 0 Å². The van der Waals surface area contributed by atoms with Gasteiger partial charge in [-0.3, -0.25) is 9.59 Å². The molecule has 0 aromatic rings. The van der Waals surface area contributed by atoms with Crippen LogP contribution in [0.3, 0.4) is 0 Å². The number of hydrogen-bond acceptors (Lipinski definition) is 2. The van der Waals surface area contributed by atoms with Crippen LogP contribution in [-0.4, -0.2) is 35.9 Å². The normalized spacial score (nSPS) is 23.9. The molecule has 1 atom stereocenters. The minimum absolute atomic E-state index is 0.0169. The molecule has 6 heteroatoms. The molecule has 1 aliphatic rings. The van der Waals surface area contributed by atoms with E-state index in [0.29, 0.717) is 4.90 Å². The van der Waals surface area contributed by atoms with Gasteiger partial charge in [0.15, 0.2) is 0 Å². The maximum atomic E-state index is 12.0. The van der Waals surface area contributed by atoms with Crippen LogP contribution in [-0.2, 0) is 9.59 Å². The Balaban J connectivity index is 2.64. The maximum absolute atomic E-state index is 12.0. The number of likely N-dealkylation sites (tertiary alicyclic amines) is 1. The molecule has 1 heterocycles. The van der Waals surface area contributed by atoms with Gasteiger partial charge in [-0.25, -0.2) is 0 Å². The number of carbonyl (C=O) groups is 2. The highest BCUT2D eigenvalue weighted by Gasteiger charge is 2.44. The third kappa shape index (κ3) is 2.24. The van der Waals surface area contributed by atoms with Crippen LogP contribution in [0.1, 0.15) is 13.3 Å². The number of amides is 1. The third-order valence-electron chi connectivity index (χ3n) is 2.20. The van der Waals surface area contributed by atoms with Gasteiger partial charge in [0.25, 0.3) is 0 Å². The van der Waals surface area contributed by atoms with E-state index in [1.165, 1.54) is 6.92 Å². The van der Waals surface area contributed by atoms with Crippen LogP contribution in [0.4, 0.5) is 13.2 Å². The van der Waals surface area contributed by atoms with Crippen molar-refractivity contribution in [1.82, 2.24) is 4.90 Å². The predicted octanol–water partition coefficient (Wildman–Crippen LogP) is 0.986. The van der Waals surface area contributed by atoms with Crippen LogP contribution in [0.2, 0.25) is 0 Å². The van der Waals surface area contributed by atoms with E-state index in [1.807, 2.05) is 0 Å². The second kappa shape index (κ2) is 3.59. The molecule has 0 bridgehead atoms. The number of hydrogen-bond donors (Lipinski definition) is 0. The monoisotopic (exact) mass is 209 g/mol. The summed E-state index contributed by atoms with van der Waals surface area (Å²) in [6.45, 7) is 1.27. The van der Waals surface area contributed by atoms with Crippen molar-refractivity contribution in [3.63, 3.8) is 0 Å². The van der Waals surface area contributed by atoms with E-state index in [2.05, 4.69) is 0 Å². The number of halogens is 3. The standard InChI is InChI=1S/C8H10F3NO2/c1-5-4-12(3-2-6(5)13)7(14)8(9,10)11/h5H,2-4H2,1H3. The van der Waals surface area contributed by atoms with Crippen LogP contribution < -0.4 is 0 Å². The van der Waals surface area contributed by atoms with Gasteiger partial charge >= 0.3 is 12.1 Å². The van der Waals surface area contributed by atoms with E-state index >= 15 is 0 Å². The van der Waals surface area contributed by atoms with Gasteiger partial charge in [0.05, 0.1) is 0 Å². The molecule has 1 fully saturated rings. The first-order valence-electron chi connectivity index (χ1n) is 4.21. The summed E-state index contributed by atoms with van der Waals surface area (Å²) in [6, 6.07) is 0. The molecule has 0 aliphatic carbocycles. The van der Waals surface area contributed by atoms with E-state index < -0.39 is 18.0 Å². The molecule has 3 nitrogen and oxygen atoms in total. The van der Waals surface area contributed by atoms with Gasteiger partial charge in [0.1, 0.15) is 5.78 Å². The Labute approximate surface area is 78.9 Å². The highest BCUT2D eigenvalue weighted by molar-refractivity contribution is 5.87. The number of alkyl halides is 3. The third-order valence-corrected chi connectivity index (χ3v) is 2.20. The molecule has 80 valence electrons. The lowest BCUT2D eigenvalue weighted by atomic mass is 9.98. The van der Waals surface area contributed by atoms with Gasteiger partial charge in [-0.1, -0.05) is 6.92 Å². The molecule has 1 amide bonds. The molecular formula is C8H10F3NO2. The second-order valence-corrected chi connectivity index (χ2v) is 3.37. The highest BCUT2D eigenvalue weighted by Crippen LogP contribution is 2.22. The predicted molar refractivity (Wildman–Crippen MR) is 41.4 cm³/mol. The fraction of sp³-hybridized carbons (Fsp3) is 0.750. The van der Waals surface area contributed by atoms with Crippen molar-refractivity contribution in [2.24, 2.45) is 5.92 Å². The second-order valence-electron chi connectivity index (χ2n) is 3.37. The highest BCUT2D eigenvalue weighted by atomic mass is 19.4. The molecule has 0 N–H and O–H groups in total. The lowest BCUT2D eigenvalue weighted by Gasteiger charge is -2.30. The van der Waals surface area contributed by atoms with Crippen molar-refractivity contribution >= 4 is 11.7 Å². The van der Waals surface area contributed by atoms with Gasteiger partial charge < -0.3 is 4.90 Å². The van der Waals surface area contributed by atoms with Crippen molar-refractivity contribution in [2.45, 2.75) is 19.5 Å². The molecule has 0 aromatic heterocycles. The number of nitrogens with zero attached hydrogens (tertiary/aromatic N) is 1. The minimum atomic E-state index is -4.83. The summed E-state index contributed by atoms with van der Waals surface area (Å²) in [5.74, 6) is -2.43. The number of carbonyl (C=O) groups excluding carboxylic acids is 2. The summed E-state index contributed by atoms with van der Waals surface area (Å²) in [6.07, 6.45) is -4.82. The van der Waals surface area contributed by atoms with Gasteiger partial charge in [-0.15, -0.1) is 0 Å². The Morgan fingerprint density at radius 3 is 2.50 bits per heavy atom. The van der Waals surface area contributed by atoms with Crippen molar-refractivity contribution < 1.29 is 22.8 Å². The number of ketones is 1. The van der Waals surface area contributed by atoms with E-state index in [-0.39, 0.29) is 25.3 Å². The first-order valence-corrected chi connectivity index (χ1v) is 4.21. The molecule has 1 rings (SSSR count). The van der Waals surface area contributed by atoms with Gasteiger partial charge in [-0.05, 0) is 0 Å². The van der Waals surface area contributed by atoms with Crippen molar-refractivity contribution in [1.29, 1.82) is 0 Å². The zero-order chi connectivity index (χ0) is 10.9. The summed E-state index contributed by atoms with van der Waals surface area (Å²) in [5, 5.41) is 0. The average molecular weight is 209 g/mol. The Kier molecular flexibility index (Phi) is 2.82. The van der Waals surface area contributed by atoms with E-state index in [0.717, 1.165) is 0 Å². The van der Waals surface area contributed by atoms with Gasteiger partial charge in [0, 0.05) is 25.4 Å². The van der Waals surface area contributed by atoms with Crippen molar-refractivity contribution in [3.8, 4) is 0 Å². The summed E-state index contributed by atoms with van der Waals surface area (Å²) < 4.78 is 35.9. The molecule has 14 heavy (non-hydrogen) atoms. The van der Waals surface area contributed by atoms with Crippen LogP contribution in [0, 0.1) is 5.92 Å². The zero-order valence-electron chi connectivity index (χ0n) is 7.60. The first-order chi connectivity index (χ1) is 6.32. The first kappa shape index (κ1) is 11.0. The van der Waals surface area contributed by atoms with Crippen molar-refractivity contribution in [2.75, 3.05) is 13.1 Å². The Bertz CT molecular complexity index is 262. The molecule has 1 unspecified atom stereocenters. The smallest absolute Gasteiger partial charge is 0.334 e. The topological polar surface area (TPSA) is 37.4 Å². The molecule has 0 radical (unpaired) electrons. The van der Waals surface area contributed by atoms with Crippen LogP contribution >= 0.6 is 0 Å². The Morgan fingerprint density at radius 1 is 1.50 bits per heavy atom. The number of Topliss-reactive ketones (excluding diaryl/α,β-unsaturated/α-hetero) is 1. The molecule has 1 saturated heterocycles. The molecule has 1 aliphatic heterocycles. The van der Waals surface area contributed by atoms with Gasteiger partial charge in [0.2, 0.25) is 0 Å². The molecule has 0 aromatic carbocycles. The molecule has 0 spiro atoms. The quantitative estimate of drug-likeness (QED) is 0.596. The lowest BCUT2D eigenvalue weighted by Crippen LogP contribution is -2.48. The van der Waals surface area contributed by atoms with Gasteiger partial charge in [-0.2, -0.15) is 13.2 Å². The zero-order valence-corrected chi connectivity index (χ0v) is 7.60. The molecular weight excluding hydrogens is 199 g/mol. The number of piperidine rings is 1. The largest absolute Gasteiger partial charge is 0.471 e. The fourth-order valence-electron chi connectivity index (χ4n) is 1.38.